The van der Waals surface area contributed by atoms with Crippen LogP contribution in [0.15, 0.2) is 23.6 Å². The minimum Gasteiger partial charge on any atom is -0.506 e. The Morgan fingerprint density at radius 3 is 2.35 bits per heavy atom. The molecule has 11 nitrogen and oxygen atoms in total. The van der Waals surface area contributed by atoms with Gasteiger partial charge in [-0.2, -0.15) is 13.2 Å². The average Bonchev–Trinajstić information content (AvgIpc) is 3.52. The van der Waals surface area contributed by atoms with E-state index < -0.39 is 40.6 Å². The smallest absolute Gasteiger partial charge is 0.420 e. The Bertz CT molecular complexity index is 1500. The number of likely N-dealkylation sites (tertiary alicyclic amines) is 2. The highest BCUT2D eigenvalue weighted by Crippen LogP contribution is 2.41. The van der Waals surface area contributed by atoms with E-state index in [4.69, 9.17) is 16.3 Å². The van der Waals surface area contributed by atoms with Gasteiger partial charge in [0.2, 0.25) is 0 Å². The van der Waals surface area contributed by atoms with Crippen LogP contribution in [0.4, 0.5) is 27.8 Å². The van der Waals surface area contributed by atoms with E-state index >= 15 is 0 Å². The summed E-state index contributed by atoms with van der Waals surface area (Å²) in [5.74, 6) is -1.59. The number of piperidine rings is 2. The van der Waals surface area contributed by atoms with E-state index in [0.29, 0.717) is 51.6 Å². The molecule has 0 saturated carbocycles. The molecule has 6 rings (SSSR count). The second-order valence-corrected chi connectivity index (χ2v) is 14.3. The SMILES string of the molecule is CN1CCC(N2CCN(C(=O)[C@@H](Cc3cc(Cl)c(O)c(C(F)(F)F)c3)OC(=O)N3CCC(N4Cc5ccsc5NC4=O)CC3)CC2)CC1. The van der Waals surface area contributed by atoms with Gasteiger partial charge in [0.05, 0.1) is 17.1 Å². The largest absolute Gasteiger partial charge is 0.506 e. The predicted molar refractivity (Wildman–Crippen MR) is 174 cm³/mol. The van der Waals surface area contributed by atoms with E-state index in [2.05, 4.69) is 22.2 Å². The molecule has 1 aromatic heterocycles. The lowest BCUT2D eigenvalue weighted by atomic mass is 10.0. The third-order valence-corrected chi connectivity index (χ3v) is 11.1. The molecule has 2 N–H and O–H groups in total. The lowest BCUT2D eigenvalue weighted by Gasteiger charge is -2.43. The predicted octanol–water partition coefficient (Wildman–Crippen LogP) is 4.92. The van der Waals surface area contributed by atoms with Crippen molar-refractivity contribution in [3.8, 4) is 5.75 Å². The number of hydrogen-bond donors (Lipinski definition) is 2. The Morgan fingerprint density at radius 1 is 1.02 bits per heavy atom. The maximum atomic E-state index is 13.9. The van der Waals surface area contributed by atoms with Crippen molar-refractivity contribution < 1.29 is 37.4 Å². The van der Waals surface area contributed by atoms with Crippen molar-refractivity contribution in [1.29, 1.82) is 0 Å². The van der Waals surface area contributed by atoms with Crippen LogP contribution in [0.3, 0.4) is 0 Å². The number of thiophene rings is 1. The molecule has 4 amide bonds. The molecule has 3 saturated heterocycles. The van der Waals surface area contributed by atoms with Gasteiger partial charge in [-0.3, -0.25) is 15.0 Å². The Balaban J connectivity index is 1.13. The van der Waals surface area contributed by atoms with Crippen molar-refractivity contribution in [1.82, 2.24) is 24.5 Å². The number of halogens is 4. The maximum Gasteiger partial charge on any atom is 0.420 e. The van der Waals surface area contributed by atoms with Crippen LogP contribution < -0.4 is 5.32 Å². The molecule has 3 fully saturated rings. The molecular formula is C32H40ClF3N6O5S. The van der Waals surface area contributed by atoms with Crippen LogP contribution in [0.2, 0.25) is 5.02 Å². The van der Waals surface area contributed by atoms with Gasteiger partial charge < -0.3 is 29.4 Å². The number of fused-ring (bicyclic) bond motifs is 1. The van der Waals surface area contributed by atoms with Gasteiger partial charge in [-0.1, -0.05) is 11.6 Å². The van der Waals surface area contributed by atoms with Crippen LogP contribution in [-0.2, 0) is 28.7 Å². The summed E-state index contributed by atoms with van der Waals surface area (Å²) in [6.45, 7) is 5.16. The van der Waals surface area contributed by atoms with Gasteiger partial charge in [0.15, 0.2) is 6.10 Å². The molecule has 16 heteroatoms. The number of nitrogens with zero attached hydrogens (tertiary/aromatic N) is 5. The van der Waals surface area contributed by atoms with Crippen molar-refractivity contribution in [2.75, 3.05) is 64.7 Å². The summed E-state index contributed by atoms with van der Waals surface area (Å²) in [5.41, 5.74) is -0.283. The molecule has 0 unspecified atom stereocenters. The van der Waals surface area contributed by atoms with Gasteiger partial charge in [0.25, 0.3) is 5.91 Å². The molecule has 48 heavy (non-hydrogen) atoms. The topological polar surface area (TPSA) is 109 Å². The molecule has 0 bridgehead atoms. The first-order valence-electron chi connectivity index (χ1n) is 16.3. The normalized spacial score (nSPS) is 21.2. The highest BCUT2D eigenvalue weighted by atomic mass is 35.5. The molecule has 4 aliphatic heterocycles. The van der Waals surface area contributed by atoms with Crippen LogP contribution >= 0.6 is 22.9 Å². The van der Waals surface area contributed by atoms with Crippen LogP contribution in [0.1, 0.15) is 42.4 Å². The van der Waals surface area contributed by atoms with E-state index in [1.165, 1.54) is 16.2 Å². The standard InChI is InChI=1S/C32H40ClF3N6O5S/c1-38-7-2-22(3-8-38)39-11-13-40(14-12-39)29(44)26(18-20-16-24(32(34,35)36)27(43)25(33)17-20)47-31(46)41-9-4-23(5-10-41)42-19-21-6-15-48-28(21)37-30(42)45/h6,15-17,22-23,26,43H,2-5,7-14,18-19H2,1H3,(H,37,45)/t26-/m1/s1. The summed E-state index contributed by atoms with van der Waals surface area (Å²) >= 11 is 7.44. The maximum absolute atomic E-state index is 13.9. The van der Waals surface area contributed by atoms with Crippen molar-refractivity contribution in [3.05, 3.63) is 45.3 Å². The fourth-order valence-electron chi connectivity index (χ4n) is 7.10. The third-order valence-electron chi connectivity index (χ3n) is 9.93. The zero-order valence-electron chi connectivity index (χ0n) is 26.7. The van der Waals surface area contributed by atoms with Crippen LogP contribution in [0.25, 0.3) is 0 Å². The fraction of sp³-hybridized carbons (Fsp3) is 0.594. The summed E-state index contributed by atoms with van der Waals surface area (Å²) in [6.07, 6.45) is -4.30. The first-order chi connectivity index (χ1) is 22.9. The van der Waals surface area contributed by atoms with Gasteiger partial charge in [-0.25, -0.2) is 9.59 Å². The Kier molecular flexibility index (Phi) is 10.3. The number of ether oxygens (including phenoxy) is 1. The number of alkyl halides is 3. The molecule has 1 atom stereocenters. The lowest BCUT2D eigenvalue weighted by molar-refractivity contribution is -0.143. The number of phenols is 1. The Hall–Kier alpha value is -3.27. The van der Waals surface area contributed by atoms with Crippen molar-refractivity contribution in [2.24, 2.45) is 0 Å². The van der Waals surface area contributed by atoms with E-state index in [0.717, 1.165) is 48.6 Å². The van der Waals surface area contributed by atoms with Gasteiger partial charge in [-0.05, 0) is 75.0 Å². The Morgan fingerprint density at radius 2 is 1.69 bits per heavy atom. The molecule has 4 aliphatic rings. The summed E-state index contributed by atoms with van der Waals surface area (Å²) in [7, 11) is 2.10. The highest BCUT2D eigenvalue weighted by Gasteiger charge is 2.39. The zero-order valence-corrected chi connectivity index (χ0v) is 28.2. The van der Waals surface area contributed by atoms with E-state index in [1.54, 1.807) is 9.80 Å². The van der Waals surface area contributed by atoms with E-state index in [9.17, 15) is 32.7 Å². The van der Waals surface area contributed by atoms with E-state index in [-0.39, 0.29) is 37.1 Å². The lowest BCUT2D eigenvalue weighted by Crippen LogP contribution is -2.56. The van der Waals surface area contributed by atoms with Crippen molar-refractivity contribution >= 4 is 46.0 Å². The monoisotopic (exact) mass is 712 g/mol. The molecular weight excluding hydrogens is 673 g/mol. The number of rotatable bonds is 6. The highest BCUT2D eigenvalue weighted by molar-refractivity contribution is 7.14. The number of nitrogens with one attached hydrogen (secondary N) is 1. The van der Waals surface area contributed by atoms with E-state index in [1.807, 2.05) is 11.4 Å². The average molecular weight is 713 g/mol. The summed E-state index contributed by atoms with van der Waals surface area (Å²) in [4.78, 5) is 49.6. The molecule has 262 valence electrons. The van der Waals surface area contributed by atoms with Gasteiger partial charge >= 0.3 is 18.3 Å². The van der Waals surface area contributed by atoms with Gasteiger partial charge in [-0.15, -0.1) is 11.3 Å². The second kappa shape index (κ2) is 14.3. The molecule has 0 spiro atoms. The number of piperazine rings is 1. The fourth-order valence-corrected chi connectivity index (χ4v) is 8.14. The molecule has 5 heterocycles. The minimum atomic E-state index is -4.88. The van der Waals surface area contributed by atoms with Gasteiger partial charge in [0, 0.05) is 63.3 Å². The molecule has 1 aromatic carbocycles. The number of carbonyl (C=O) groups excluding carboxylic acids is 3. The number of hydrogen-bond acceptors (Lipinski definition) is 8. The molecule has 0 aliphatic carbocycles. The zero-order chi connectivity index (χ0) is 34.2. The molecule has 0 radical (unpaired) electrons. The number of benzene rings is 1. The second-order valence-electron chi connectivity index (χ2n) is 13.0. The summed E-state index contributed by atoms with van der Waals surface area (Å²) in [5, 5.41) is 15.2. The van der Waals surface area contributed by atoms with Gasteiger partial charge in [0.1, 0.15) is 10.8 Å². The number of aromatic hydroxyl groups is 1. The number of anilines is 1. The van der Waals surface area contributed by atoms with Crippen LogP contribution in [0, 0.1) is 0 Å². The van der Waals surface area contributed by atoms with Crippen LogP contribution in [0.5, 0.6) is 5.75 Å². The van der Waals surface area contributed by atoms with Crippen molar-refractivity contribution in [2.45, 2.75) is 63.0 Å². The number of phenolic OH excluding ortho intramolecular Hbond substituents is 1. The third kappa shape index (κ3) is 7.63. The summed E-state index contributed by atoms with van der Waals surface area (Å²) in [6, 6.07) is 4.02. The number of urea groups is 1. The number of amides is 4. The minimum absolute atomic E-state index is 0.00357. The van der Waals surface area contributed by atoms with Crippen LogP contribution in [-0.4, -0.2) is 125 Å². The number of carbonyl (C=O) groups is 3. The Labute approximate surface area is 286 Å². The molecule has 2 aromatic rings. The first-order valence-corrected chi connectivity index (χ1v) is 17.5. The summed E-state index contributed by atoms with van der Waals surface area (Å²) < 4.78 is 46.9. The quantitative estimate of drug-likeness (QED) is 0.438. The first kappa shape index (κ1) is 34.6. The van der Waals surface area contributed by atoms with Crippen molar-refractivity contribution in [3.63, 3.8) is 0 Å².